The molecule has 0 aliphatic carbocycles. The van der Waals surface area contributed by atoms with E-state index in [2.05, 4.69) is 0 Å². The lowest BCUT2D eigenvalue weighted by Crippen LogP contribution is -2.31. The molecule has 4 nitrogen and oxygen atoms in total. The Balaban J connectivity index is 1.80. The Labute approximate surface area is 82.5 Å². The number of carbonyl (C=O) groups is 2. The zero-order valence-corrected chi connectivity index (χ0v) is 8.16. The van der Waals surface area contributed by atoms with Gasteiger partial charge in [0.15, 0.2) is 0 Å². The van der Waals surface area contributed by atoms with E-state index in [0.717, 1.165) is 19.4 Å². The molecule has 4 heteroatoms. The van der Waals surface area contributed by atoms with Crippen molar-refractivity contribution < 1.29 is 14.3 Å². The molecule has 0 spiro atoms. The normalized spacial score (nSPS) is 25.6. The van der Waals surface area contributed by atoms with Gasteiger partial charge in [-0.3, -0.25) is 14.5 Å². The molecule has 1 unspecified atom stereocenters. The van der Waals surface area contributed by atoms with Gasteiger partial charge in [0.25, 0.3) is 11.8 Å². The highest BCUT2D eigenvalue weighted by Gasteiger charge is 2.28. The molecule has 76 valence electrons. The van der Waals surface area contributed by atoms with Crippen LogP contribution in [0.25, 0.3) is 0 Å². The van der Waals surface area contributed by atoms with Crippen LogP contribution in [0.3, 0.4) is 0 Å². The summed E-state index contributed by atoms with van der Waals surface area (Å²) in [6.45, 7) is 3.02. The number of rotatable bonds is 4. The van der Waals surface area contributed by atoms with Gasteiger partial charge in [-0.15, -0.1) is 0 Å². The minimum absolute atomic E-state index is 0.147. The van der Waals surface area contributed by atoms with Gasteiger partial charge in [0, 0.05) is 18.2 Å². The van der Waals surface area contributed by atoms with Gasteiger partial charge in [-0.25, -0.2) is 0 Å². The molecule has 2 heterocycles. The molecule has 0 saturated carbocycles. The lowest BCUT2D eigenvalue weighted by molar-refractivity contribution is -0.137. The van der Waals surface area contributed by atoms with E-state index >= 15 is 0 Å². The summed E-state index contributed by atoms with van der Waals surface area (Å²) < 4.78 is 5.05. The maximum Gasteiger partial charge on any atom is 0.256 e. The van der Waals surface area contributed by atoms with E-state index in [1.165, 1.54) is 11.0 Å². The third-order valence-electron chi connectivity index (χ3n) is 2.50. The smallest absolute Gasteiger partial charge is 0.256 e. The van der Waals surface area contributed by atoms with Crippen LogP contribution in [-0.4, -0.2) is 36.0 Å². The van der Waals surface area contributed by atoms with Crippen LogP contribution >= 0.6 is 0 Å². The molecule has 0 radical (unpaired) electrons. The first-order valence-electron chi connectivity index (χ1n) is 4.84. The van der Waals surface area contributed by atoms with Crippen LogP contribution in [-0.2, 0) is 14.3 Å². The molecule has 0 N–H and O–H groups in total. The van der Waals surface area contributed by atoms with E-state index in [1.54, 1.807) is 6.92 Å². The monoisotopic (exact) mass is 195 g/mol. The maximum absolute atomic E-state index is 11.4. The van der Waals surface area contributed by atoms with Gasteiger partial charge in [0.2, 0.25) is 0 Å². The van der Waals surface area contributed by atoms with Crippen molar-refractivity contribution in [2.24, 2.45) is 0 Å². The molecule has 0 aromatic heterocycles. The predicted octanol–water partition coefficient (Wildman–Crippen LogP) is 0.481. The number of nitrogens with zero attached hydrogens (tertiary/aromatic N) is 1. The summed E-state index contributed by atoms with van der Waals surface area (Å²) in [4.78, 5) is 24.0. The lowest BCUT2D eigenvalue weighted by atomic mass is 10.2. The molecule has 2 rings (SSSR count). The summed E-state index contributed by atoms with van der Waals surface area (Å²) in [5.41, 5.74) is 0.540. The van der Waals surface area contributed by atoms with Crippen LogP contribution in [0.5, 0.6) is 0 Å². The largest absolute Gasteiger partial charge is 0.373 e. The van der Waals surface area contributed by atoms with Crippen molar-refractivity contribution in [3.8, 4) is 0 Å². The summed E-state index contributed by atoms with van der Waals surface area (Å²) in [5.74, 6) is -0.323. The summed E-state index contributed by atoms with van der Waals surface area (Å²) in [6, 6.07) is 0. The highest BCUT2D eigenvalue weighted by molar-refractivity contribution is 6.15. The number of ether oxygens (including phenoxy) is 1. The Bertz CT molecular complexity index is 304. The number of amides is 2. The molecule has 14 heavy (non-hydrogen) atoms. The second-order valence-electron chi connectivity index (χ2n) is 3.72. The van der Waals surface area contributed by atoms with E-state index in [1.807, 2.05) is 0 Å². The quantitative estimate of drug-likeness (QED) is 0.484. The zero-order valence-electron chi connectivity index (χ0n) is 8.16. The predicted molar refractivity (Wildman–Crippen MR) is 49.5 cm³/mol. The first kappa shape index (κ1) is 9.40. The van der Waals surface area contributed by atoms with Crippen LogP contribution < -0.4 is 0 Å². The number of hydrogen-bond acceptors (Lipinski definition) is 3. The molecular weight excluding hydrogens is 182 g/mol. The molecule has 0 aromatic carbocycles. The molecule has 1 fully saturated rings. The van der Waals surface area contributed by atoms with Crippen LogP contribution in [0.15, 0.2) is 11.6 Å². The number of carbonyl (C=O) groups excluding carboxylic acids is 2. The van der Waals surface area contributed by atoms with Crippen molar-refractivity contribution in [2.45, 2.75) is 25.9 Å². The van der Waals surface area contributed by atoms with E-state index in [4.69, 9.17) is 4.74 Å². The van der Waals surface area contributed by atoms with Gasteiger partial charge in [0.05, 0.1) is 12.7 Å². The van der Waals surface area contributed by atoms with Crippen LogP contribution in [0, 0.1) is 0 Å². The second kappa shape index (κ2) is 3.53. The van der Waals surface area contributed by atoms with Crippen LogP contribution in [0.2, 0.25) is 0 Å². The summed E-state index contributed by atoms with van der Waals surface area (Å²) >= 11 is 0. The van der Waals surface area contributed by atoms with Crippen molar-refractivity contribution in [3.05, 3.63) is 11.6 Å². The molecule has 2 aliphatic heterocycles. The third kappa shape index (κ3) is 1.85. The summed E-state index contributed by atoms with van der Waals surface area (Å²) in [7, 11) is 0. The van der Waals surface area contributed by atoms with Gasteiger partial charge in [-0.1, -0.05) is 0 Å². The fraction of sp³-hybridized carbons (Fsp3) is 0.600. The summed E-state index contributed by atoms with van der Waals surface area (Å²) in [5, 5.41) is 0. The Hall–Kier alpha value is -1.16. The Morgan fingerprint density at radius 3 is 2.79 bits per heavy atom. The van der Waals surface area contributed by atoms with Gasteiger partial charge in [-0.05, 0) is 19.8 Å². The van der Waals surface area contributed by atoms with Crippen molar-refractivity contribution in [3.63, 3.8) is 0 Å². The minimum atomic E-state index is -0.177. The van der Waals surface area contributed by atoms with Crippen molar-refractivity contribution >= 4 is 11.8 Å². The fourth-order valence-corrected chi connectivity index (χ4v) is 1.56. The third-order valence-corrected chi connectivity index (χ3v) is 2.50. The van der Waals surface area contributed by atoms with Crippen molar-refractivity contribution in [2.75, 3.05) is 13.2 Å². The Morgan fingerprint density at radius 2 is 2.29 bits per heavy atom. The zero-order chi connectivity index (χ0) is 10.1. The topological polar surface area (TPSA) is 49.9 Å². The molecular formula is C10H13NO3. The number of imide groups is 1. The maximum atomic E-state index is 11.4. The highest BCUT2D eigenvalue weighted by atomic mass is 16.6. The molecule has 1 saturated heterocycles. The minimum Gasteiger partial charge on any atom is -0.373 e. The van der Waals surface area contributed by atoms with Gasteiger partial charge >= 0.3 is 0 Å². The Kier molecular flexibility index (Phi) is 2.37. The molecule has 1 atom stereocenters. The number of hydrogen-bond donors (Lipinski definition) is 0. The SMILES string of the molecule is CC1=CC(=O)N(CCCC2CO2)C1=O. The first-order chi connectivity index (χ1) is 6.68. The van der Waals surface area contributed by atoms with Crippen LogP contribution in [0.1, 0.15) is 19.8 Å². The standard InChI is InChI=1S/C10H13NO3/c1-7-5-9(12)11(10(7)13)4-2-3-8-6-14-8/h5,8H,2-4,6H2,1H3. The highest BCUT2D eigenvalue weighted by Crippen LogP contribution is 2.17. The average molecular weight is 195 g/mol. The van der Waals surface area contributed by atoms with Gasteiger partial charge < -0.3 is 4.74 Å². The van der Waals surface area contributed by atoms with Crippen molar-refractivity contribution in [1.29, 1.82) is 0 Å². The van der Waals surface area contributed by atoms with Crippen LogP contribution in [0.4, 0.5) is 0 Å². The first-order valence-corrected chi connectivity index (χ1v) is 4.84. The second-order valence-corrected chi connectivity index (χ2v) is 3.72. The van der Waals surface area contributed by atoms with E-state index in [0.29, 0.717) is 18.2 Å². The average Bonchev–Trinajstić information content (AvgIpc) is 2.90. The number of epoxide rings is 1. The molecule has 0 aromatic rings. The lowest BCUT2D eigenvalue weighted by Gasteiger charge is -2.13. The molecule has 0 bridgehead atoms. The van der Waals surface area contributed by atoms with E-state index in [9.17, 15) is 9.59 Å². The van der Waals surface area contributed by atoms with Crippen molar-refractivity contribution in [1.82, 2.24) is 4.90 Å². The van der Waals surface area contributed by atoms with Gasteiger partial charge in [0.1, 0.15) is 0 Å². The van der Waals surface area contributed by atoms with Gasteiger partial charge in [-0.2, -0.15) is 0 Å². The van der Waals surface area contributed by atoms with E-state index in [-0.39, 0.29) is 11.8 Å². The Morgan fingerprint density at radius 1 is 1.57 bits per heavy atom. The fourth-order valence-electron chi connectivity index (χ4n) is 1.56. The molecule has 2 aliphatic rings. The van der Waals surface area contributed by atoms with E-state index < -0.39 is 0 Å². The molecule has 2 amide bonds. The summed E-state index contributed by atoms with van der Waals surface area (Å²) in [6.07, 6.45) is 3.55.